The van der Waals surface area contributed by atoms with Gasteiger partial charge in [-0.25, -0.2) is 0 Å². The molecule has 2 fully saturated rings. The van der Waals surface area contributed by atoms with Crippen LogP contribution in [0.2, 0.25) is 0 Å². The number of hydrogen-bond acceptors (Lipinski definition) is 3. The van der Waals surface area contributed by atoms with Crippen LogP contribution in [0.1, 0.15) is 39.0 Å². The lowest BCUT2D eigenvalue weighted by Gasteiger charge is -2.37. The van der Waals surface area contributed by atoms with Crippen molar-refractivity contribution in [2.45, 2.75) is 44.6 Å². The zero-order valence-corrected chi connectivity index (χ0v) is 10.7. The number of rotatable bonds is 3. The molecule has 0 bridgehead atoms. The van der Waals surface area contributed by atoms with Crippen LogP contribution in [0.15, 0.2) is 0 Å². The summed E-state index contributed by atoms with van der Waals surface area (Å²) in [7, 11) is 0. The fraction of sp³-hybridized carbons (Fsp3) is 0.923. The highest BCUT2D eigenvalue weighted by molar-refractivity contribution is 5.85. The highest BCUT2D eigenvalue weighted by Crippen LogP contribution is 2.29. The van der Waals surface area contributed by atoms with Crippen LogP contribution < -0.4 is 0 Å². The van der Waals surface area contributed by atoms with E-state index in [1.165, 1.54) is 0 Å². The SMILES string of the molecule is CC1(C(=O)N2CCCC(CCO)C2)CCCO1. The zero-order chi connectivity index (χ0) is 12.3. The summed E-state index contributed by atoms with van der Waals surface area (Å²) in [5, 5.41) is 8.98. The Morgan fingerprint density at radius 1 is 1.53 bits per heavy atom. The van der Waals surface area contributed by atoms with Crippen molar-refractivity contribution in [2.75, 3.05) is 26.3 Å². The molecular weight excluding hydrogens is 218 g/mol. The summed E-state index contributed by atoms with van der Waals surface area (Å²) in [6.45, 7) is 4.48. The van der Waals surface area contributed by atoms with Gasteiger partial charge in [-0.05, 0) is 44.9 Å². The van der Waals surface area contributed by atoms with E-state index in [4.69, 9.17) is 9.84 Å². The maximum atomic E-state index is 12.4. The number of piperidine rings is 1. The maximum Gasteiger partial charge on any atom is 0.254 e. The lowest BCUT2D eigenvalue weighted by atomic mass is 9.93. The molecule has 0 aromatic heterocycles. The average molecular weight is 241 g/mol. The van der Waals surface area contributed by atoms with Crippen molar-refractivity contribution in [3.63, 3.8) is 0 Å². The number of ether oxygens (including phenoxy) is 1. The van der Waals surface area contributed by atoms with Gasteiger partial charge in [0, 0.05) is 26.3 Å². The third kappa shape index (κ3) is 2.80. The second-order valence-corrected chi connectivity index (χ2v) is 5.45. The van der Waals surface area contributed by atoms with E-state index in [2.05, 4.69) is 0 Å². The standard InChI is InChI=1S/C13H23NO3/c1-13(6-3-9-17-13)12(16)14-7-2-4-11(10-14)5-8-15/h11,15H,2-10H2,1H3. The third-order valence-electron chi connectivity index (χ3n) is 4.01. The van der Waals surface area contributed by atoms with Gasteiger partial charge in [0.15, 0.2) is 0 Å². The summed E-state index contributed by atoms with van der Waals surface area (Å²) < 4.78 is 5.61. The van der Waals surface area contributed by atoms with Gasteiger partial charge >= 0.3 is 0 Å². The predicted molar refractivity (Wildman–Crippen MR) is 64.6 cm³/mol. The summed E-state index contributed by atoms with van der Waals surface area (Å²) in [6.07, 6.45) is 4.80. The number of likely N-dealkylation sites (tertiary alicyclic amines) is 1. The van der Waals surface area contributed by atoms with E-state index in [1.807, 2.05) is 11.8 Å². The van der Waals surface area contributed by atoms with Gasteiger partial charge < -0.3 is 14.7 Å². The molecule has 1 amide bonds. The van der Waals surface area contributed by atoms with Crippen LogP contribution in [0.3, 0.4) is 0 Å². The molecule has 0 aromatic rings. The van der Waals surface area contributed by atoms with E-state index in [0.717, 1.165) is 45.2 Å². The van der Waals surface area contributed by atoms with Crippen molar-refractivity contribution in [1.82, 2.24) is 4.90 Å². The van der Waals surface area contributed by atoms with Crippen molar-refractivity contribution in [2.24, 2.45) is 5.92 Å². The van der Waals surface area contributed by atoms with Gasteiger partial charge in [-0.1, -0.05) is 0 Å². The molecule has 4 heteroatoms. The number of amides is 1. The lowest BCUT2D eigenvalue weighted by Crippen LogP contribution is -2.50. The molecule has 1 N–H and O–H groups in total. The first-order valence-electron chi connectivity index (χ1n) is 6.70. The Hall–Kier alpha value is -0.610. The van der Waals surface area contributed by atoms with Gasteiger partial charge in [0.25, 0.3) is 5.91 Å². The Bertz CT molecular complexity index is 272. The van der Waals surface area contributed by atoms with Gasteiger partial charge in [0.05, 0.1) is 0 Å². The number of hydrogen-bond donors (Lipinski definition) is 1. The molecule has 2 heterocycles. The van der Waals surface area contributed by atoms with Crippen molar-refractivity contribution in [3.05, 3.63) is 0 Å². The second kappa shape index (κ2) is 5.36. The normalized spacial score (nSPS) is 34.0. The summed E-state index contributed by atoms with van der Waals surface area (Å²) in [4.78, 5) is 14.3. The molecule has 0 aliphatic carbocycles. The first-order valence-corrected chi connectivity index (χ1v) is 6.70. The number of aliphatic hydroxyl groups is 1. The van der Waals surface area contributed by atoms with Crippen molar-refractivity contribution in [1.29, 1.82) is 0 Å². The molecule has 2 saturated heterocycles. The number of carbonyl (C=O) groups excluding carboxylic acids is 1. The van der Waals surface area contributed by atoms with E-state index in [0.29, 0.717) is 12.5 Å². The molecule has 4 nitrogen and oxygen atoms in total. The number of aliphatic hydroxyl groups excluding tert-OH is 1. The molecule has 17 heavy (non-hydrogen) atoms. The Kier molecular flexibility index (Phi) is 4.05. The topological polar surface area (TPSA) is 49.8 Å². The van der Waals surface area contributed by atoms with Crippen LogP contribution in [0.4, 0.5) is 0 Å². The van der Waals surface area contributed by atoms with Gasteiger partial charge in [-0.2, -0.15) is 0 Å². The molecule has 98 valence electrons. The molecule has 2 atom stereocenters. The van der Waals surface area contributed by atoms with Gasteiger partial charge in [-0.15, -0.1) is 0 Å². The quantitative estimate of drug-likeness (QED) is 0.807. The minimum Gasteiger partial charge on any atom is -0.396 e. The van der Waals surface area contributed by atoms with Crippen LogP contribution in [0.25, 0.3) is 0 Å². The molecule has 2 aliphatic heterocycles. The summed E-state index contributed by atoms with van der Waals surface area (Å²) >= 11 is 0. The zero-order valence-electron chi connectivity index (χ0n) is 10.7. The van der Waals surface area contributed by atoms with Crippen molar-refractivity contribution < 1.29 is 14.6 Å². The van der Waals surface area contributed by atoms with E-state index < -0.39 is 5.60 Å². The molecule has 0 aromatic carbocycles. The summed E-state index contributed by atoms with van der Waals surface area (Å²) in [5.41, 5.74) is -0.582. The van der Waals surface area contributed by atoms with Crippen LogP contribution in [0, 0.1) is 5.92 Å². The molecule has 2 unspecified atom stereocenters. The van der Waals surface area contributed by atoms with E-state index in [-0.39, 0.29) is 12.5 Å². The monoisotopic (exact) mass is 241 g/mol. The summed E-state index contributed by atoms with van der Waals surface area (Å²) in [6, 6.07) is 0. The van der Waals surface area contributed by atoms with Gasteiger partial charge in [-0.3, -0.25) is 4.79 Å². The first-order chi connectivity index (χ1) is 8.15. The first kappa shape index (κ1) is 12.8. The van der Waals surface area contributed by atoms with E-state index >= 15 is 0 Å². The van der Waals surface area contributed by atoms with Crippen LogP contribution in [-0.2, 0) is 9.53 Å². The highest BCUT2D eigenvalue weighted by atomic mass is 16.5. The largest absolute Gasteiger partial charge is 0.396 e. The molecule has 2 aliphatic rings. The third-order valence-corrected chi connectivity index (χ3v) is 4.01. The minimum atomic E-state index is -0.582. The van der Waals surface area contributed by atoms with E-state index in [1.54, 1.807) is 0 Å². The Morgan fingerprint density at radius 2 is 2.35 bits per heavy atom. The van der Waals surface area contributed by atoms with Crippen LogP contribution >= 0.6 is 0 Å². The van der Waals surface area contributed by atoms with Crippen LogP contribution in [0.5, 0.6) is 0 Å². The fourth-order valence-electron chi connectivity index (χ4n) is 2.95. The molecule has 0 radical (unpaired) electrons. The number of carbonyl (C=O) groups is 1. The van der Waals surface area contributed by atoms with E-state index in [9.17, 15) is 4.79 Å². The smallest absolute Gasteiger partial charge is 0.254 e. The lowest BCUT2D eigenvalue weighted by molar-refractivity contribution is -0.153. The Morgan fingerprint density at radius 3 is 3.00 bits per heavy atom. The average Bonchev–Trinajstić information content (AvgIpc) is 2.77. The second-order valence-electron chi connectivity index (χ2n) is 5.45. The predicted octanol–water partition coefficient (Wildman–Crippen LogP) is 1.18. The highest BCUT2D eigenvalue weighted by Gasteiger charge is 2.41. The van der Waals surface area contributed by atoms with Crippen molar-refractivity contribution >= 4 is 5.91 Å². The van der Waals surface area contributed by atoms with Gasteiger partial charge in [0.1, 0.15) is 5.60 Å². The summed E-state index contributed by atoms with van der Waals surface area (Å²) in [5.74, 6) is 0.611. The molecule has 2 rings (SSSR count). The van der Waals surface area contributed by atoms with Crippen LogP contribution in [-0.4, -0.2) is 47.8 Å². The Balaban J connectivity index is 1.94. The fourth-order valence-corrected chi connectivity index (χ4v) is 2.95. The molecule has 0 saturated carbocycles. The van der Waals surface area contributed by atoms with Crippen molar-refractivity contribution in [3.8, 4) is 0 Å². The Labute approximate surface area is 103 Å². The molecular formula is C13H23NO3. The van der Waals surface area contributed by atoms with Gasteiger partial charge in [0.2, 0.25) is 0 Å². The molecule has 0 spiro atoms. The minimum absolute atomic E-state index is 0.151. The maximum absolute atomic E-state index is 12.4. The number of nitrogens with zero attached hydrogens (tertiary/aromatic N) is 1.